The highest BCUT2D eigenvalue weighted by molar-refractivity contribution is 5.78. The van der Waals surface area contributed by atoms with Crippen LogP contribution in [0.5, 0.6) is 11.5 Å². The Kier molecular flexibility index (Phi) is 5.84. The predicted molar refractivity (Wildman–Crippen MR) is 84.7 cm³/mol. The van der Waals surface area contributed by atoms with Crippen molar-refractivity contribution in [2.75, 3.05) is 13.7 Å². The molecule has 0 saturated heterocycles. The summed E-state index contributed by atoms with van der Waals surface area (Å²) in [6, 6.07) is 7.26. The molecule has 0 radical (unpaired) electrons. The lowest BCUT2D eigenvalue weighted by molar-refractivity contribution is -0.140. The summed E-state index contributed by atoms with van der Waals surface area (Å²) in [4.78, 5) is 22.8. The van der Waals surface area contributed by atoms with E-state index in [1.807, 2.05) is 24.3 Å². The number of hydrogen-bond donors (Lipinski definition) is 2. The quantitative estimate of drug-likeness (QED) is 0.682. The van der Waals surface area contributed by atoms with E-state index in [1.54, 1.807) is 7.11 Å². The highest BCUT2D eigenvalue weighted by atomic mass is 16.5. The summed E-state index contributed by atoms with van der Waals surface area (Å²) in [5.74, 6) is 0.519. The van der Waals surface area contributed by atoms with E-state index in [0.717, 1.165) is 30.8 Å². The van der Waals surface area contributed by atoms with Crippen LogP contribution in [0.3, 0.4) is 0 Å². The average molecular weight is 321 g/mol. The third kappa shape index (κ3) is 5.16. The van der Waals surface area contributed by atoms with Gasteiger partial charge in [0.2, 0.25) is 5.91 Å². The Bertz CT molecular complexity index is 536. The first-order valence-corrected chi connectivity index (χ1v) is 7.83. The van der Waals surface area contributed by atoms with E-state index in [4.69, 9.17) is 14.6 Å². The third-order valence-corrected chi connectivity index (χ3v) is 4.08. The monoisotopic (exact) mass is 321 g/mol. The summed E-state index contributed by atoms with van der Waals surface area (Å²) in [6.45, 7) is 0.436. The van der Waals surface area contributed by atoms with Gasteiger partial charge in [0, 0.05) is 6.42 Å². The van der Waals surface area contributed by atoms with Crippen molar-refractivity contribution in [2.45, 2.75) is 44.1 Å². The predicted octanol–water partition coefficient (Wildman–Crippen LogP) is 2.37. The van der Waals surface area contributed by atoms with Gasteiger partial charge in [-0.2, -0.15) is 0 Å². The Morgan fingerprint density at radius 2 is 1.87 bits per heavy atom. The van der Waals surface area contributed by atoms with Gasteiger partial charge >= 0.3 is 5.97 Å². The van der Waals surface area contributed by atoms with Crippen molar-refractivity contribution in [1.29, 1.82) is 0 Å². The van der Waals surface area contributed by atoms with E-state index in [0.29, 0.717) is 19.4 Å². The summed E-state index contributed by atoms with van der Waals surface area (Å²) in [5, 5.41) is 11.8. The molecule has 0 spiro atoms. The molecule has 1 aliphatic carbocycles. The van der Waals surface area contributed by atoms with Gasteiger partial charge in [-0.25, -0.2) is 0 Å². The lowest BCUT2D eigenvalue weighted by atomic mass is 9.74. The number of methoxy groups -OCH3 is 1. The molecule has 0 atom stereocenters. The zero-order valence-corrected chi connectivity index (χ0v) is 13.3. The standard InChI is InChI=1S/C17H23NO5/c1-22-13-5-7-14(8-6-13)23-11-2-4-15(19)18-17(9-3-10-17)12-16(20)21/h5-8H,2-4,9-12H2,1H3,(H,18,19)(H,20,21). The minimum Gasteiger partial charge on any atom is -0.497 e. The zero-order valence-electron chi connectivity index (χ0n) is 13.3. The zero-order chi connectivity index (χ0) is 16.7. The second-order valence-electron chi connectivity index (χ2n) is 5.88. The number of carboxylic acids is 1. The van der Waals surface area contributed by atoms with Crippen LogP contribution in [-0.2, 0) is 9.59 Å². The van der Waals surface area contributed by atoms with Crippen LogP contribution in [0.15, 0.2) is 24.3 Å². The number of rotatable bonds is 9. The van der Waals surface area contributed by atoms with Crippen LogP contribution >= 0.6 is 0 Å². The minimum atomic E-state index is -0.868. The van der Waals surface area contributed by atoms with Gasteiger partial charge in [0.1, 0.15) is 11.5 Å². The number of aliphatic carboxylic acids is 1. The van der Waals surface area contributed by atoms with Gasteiger partial charge in [0.15, 0.2) is 0 Å². The van der Waals surface area contributed by atoms with E-state index in [9.17, 15) is 9.59 Å². The smallest absolute Gasteiger partial charge is 0.305 e. The fraction of sp³-hybridized carbons (Fsp3) is 0.529. The Balaban J connectivity index is 1.67. The summed E-state index contributed by atoms with van der Waals surface area (Å²) in [5.41, 5.74) is -0.528. The highest BCUT2D eigenvalue weighted by Gasteiger charge is 2.40. The number of carboxylic acid groups (broad SMARTS) is 1. The fourth-order valence-electron chi connectivity index (χ4n) is 2.69. The molecule has 2 N–H and O–H groups in total. The molecule has 23 heavy (non-hydrogen) atoms. The van der Waals surface area contributed by atoms with Crippen molar-refractivity contribution in [3.8, 4) is 11.5 Å². The molecule has 0 aliphatic heterocycles. The number of benzene rings is 1. The molecule has 0 aromatic heterocycles. The van der Waals surface area contributed by atoms with Gasteiger partial charge in [-0.05, 0) is 49.9 Å². The molecule has 1 aliphatic rings. The van der Waals surface area contributed by atoms with E-state index >= 15 is 0 Å². The van der Waals surface area contributed by atoms with Crippen LogP contribution in [0, 0.1) is 0 Å². The molecule has 126 valence electrons. The van der Waals surface area contributed by atoms with Crippen LogP contribution in [-0.4, -0.2) is 36.2 Å². The van der Waals surface area contributed by atoms with Crippen molar-refractivity contribution < 1.29 is 24.2 Å². The van der Waals surface area contributed by atoms with E-state index < -0.39 is 11.5 Å². The van der Waals surface area contributed by atoms with Crippen LogP contribution in [0.4, 0.5) is 0 Å². The van der Waals surface area contributed by atoms with Crippen molar-refractivity contribution in [3.63, 3.8) is 0 Å². The second kappa shape index (κ2) is 7.85. The third-order valence-electron chi connectivity index (χ3n) is 4.08. The first kappa shape index (κ1) is 17.1. The topological polar surface area (TPSA) is 84.9 Å². The molecular formula is C17H23NO5. The SMILES string of the molecule is COc1ccc(OCCCC(=O)NC2(CC(=O)O)CCC2)cc1. The first-order valence-electron chi connectivity index (χ1n) is 7.83. The van der Waals surface area contributed by atoms with Gasteiger partial charge in [-0.3, -0.25) is 9.59 Å². The van der Waals surface area contributed by atoms with Gasteiger partial charge in [0.05, 0.1) is 25.7 Å². The first-order chi connectivity index (χ1) is 11.0. The number of hydrogen-bond acceptors (Lipinski definition) is 4. The van der Waals surface area contributed by atoms with Crippen molar-refractivity contribution >= 4 is 11.9 Å². The number of nitrogens with one attached hydrogen (secondary N) is 1. The summed E-state index contributed by atoms with van der Waals surface area (Å²) in [7, 11) is 1.60. The van der Waals surface area contributed by atoms with Crippen LogP contribution in [0.1, 0.15) is 38.5 Å². The van der Waals surface area contributed by atoms with Gasteiger partial charge in [-0.15, -0.1) is 0 Å². The Morgan fingerprint density at radius 3 is 2.39 bits per heavy atom. The Labute approximate surface area is 135 Å². The number of amides is 1. The molecule has 1 aromatic carbocycles. The molecule has 2 rings (SSSR count). The second-order valence-corrected chi connectivity index (χ2v) is 5.88. The Hall–Kier alpha value is -2.24. The van der Waals surface area contributed by atoms with E-state index in [-0.39, 0.29) is 12.3 Å². The average Bonchev–Trinajstić information content (AvgIpc) is 2.49. The molecule has 6 nitrogen and oxygen atoms in total. The minimum absolute atomic E-state index is 0.00108. The molecule has 0 unspecified atom stereocenters. The summed E-state index contributed by atoms with van der Waals surface area (Å²) < 4.78 is 10.6. The highest BCUT2D eigenvalue weighted by Crippen LogP contribution is 2.35. The van der Waals surface area contributed by atoms with Crippen molar-refractivity contribution in [2.24, 2.45) is 0 Å². The number of ether oxygens (including phenoxy) is 2. The number of carbonyl (C=O) groups is 2. The van der Waals surface area contributed by atoms with Crippen molar-refractivity contribution in [3.05, 3.63) is 24.3 Å². The van der Waals surface area contributed by atoms with Gasteiger partial charge < -0.3 is 19.9 Å². The number of carbonyl (C=O) groups excluding carboxylic acids is 1. The molecule has 1 amide bonds. The largest absolute Gasteiger partial charge is 0.497 e. The van der Waals surface area contributed by atoms with Crippen LogP contribution < -0.4 is 14.8 Å². The molecule has 0 bridgehead atoms. The van der Waals surface area contributed by atoms with Crippen LogP contribution in [0.2, 0.25) is 0 Å². The van der Waals surface area contributed by atoms with E-state index in [2.05, 4.69) is 5.32 Å². The van der Waals surface area contributed by atoms with E-state index in [1.165, 1.54) is 0 Å². The van der Waals surface area contributed by atoms with Crippen molar-refractivity contribution in [1.82, 2.24) is 5.32 Å². The summed E-state index contributed by atoms with van der Waals surface area (Å²) >= 11 is 0. The summed E-state index contributed by atoms with van der Waals surface area (Å²) in [6.07, 6.45) is 3.37. The Morgan fingerprint density at radius 1 is 1.22 bits per heavy atom. The lowest BCUT2D eigenvalue weighted by Gasteiger charge is -2.41. The maximum Gasteiger partial charge on any atom is 0.305 e. The van der Waals surface area contributed by atoms with Crippen LogP contribution in [0.25, 0.3) is 0 Å². The molecular weight excluding hydrogens is 298 g/mol. The molecule has 1 aromatic rings. The maximum atomic E-state index is 12.0. The molecule has 0 heterocycles. The molecule has 1 fully saturated rings. The lowest BCUT2D eigenvalue weighted by Crippen LogP contribution is -2.54. The molecule has 1 saturated carbocycles. The maximum absolute atomic E-state index is 12.0. The van der Waals surface area contributed by atoms with Gasteiger partial charge in [-0.1, -0.05) is 0 Å². The fourth-order valence-corrected chi connectivity index (χ4v) is 2.69. The molecule has 6 heteroatoms. The van der Waals surface area contributed by atoms with Gasteiger partial charge in [0.25, 0.3) is 0 Å². The normalized spacial score (nSPS) is 15.3.